The van der Waals surface area contributed by atoms with Crippen LogP contribution in [0.5, 0.6) is 0 Å². The van der Waals surface area contributed by atoms with Crippen molar-refractivity contribution in [3.63, 3.8) is 0 Å². The van der Waals surface area contributed by atoms with Gasteiger partial charge in [0.15, 0.2) is 26.9 Å². The van der Waals surface area contributed by atoms with Gasteiger partial charge in [0, 0.05) is 0 Å². The maximum absolute atomic E-state index is 2.27. The van der Waals surface area contributed by atoms with E-state index in [1.807, 2.05) is 178 Å². The second-order valence-corrected chi connectivity index (χ2v) is 13.2. The molecule has 369 valence electrons. The Bertz CT molecular complexity index is 1300. The molecule has 1 radical (unpaired) electrons. The summed E-state index contributed by atoms with van der Waals surface area (Å²) in [6.45, 7) is 48.0. The minimum Gasteiger partial charge on any atom is -0.0814 e. The van der Waals surface area contributed by atoms with Gasteiger partial charge in [-0.2, -0.15) is 0 Å². The fraction of sp³-hybridized carbons (Fsp3) is 0.419. The van der Waals surface area contributed by atoms with Crippen LogP contribution in [0.4, 0.5) is 0 Å². The van der Waals surface area contributed by atoms with E-state index in [1.165, 1.54) is 30.5 Å². The molecule has 0 heterocycles. The van der Waals surface area contributed by atoms with E-state index in [1.54, 1.807) is 0 Å². The van der Waals surface area contributed by atoms with Gasteiger partial charge in [-0.25, -0.2) is 0 Å². The average molecular weight is 928 g/mol. The smallest absolute Gasteiger partial charge is 0.0814 e. The lowest BCUT2D eigenvalue weighted by Gasteiger charge is -2.00. The third-order valence-corrected chi connectivity index (χ3v) is 10.2. The molecular weight excluding hydrogens is 820 g/mol. The molecule has 0 saturated carbocycles. The summed E-state index contributed by atoms with van der Waals surface area (Å²) in [7, 11) is 2.57. The zero-order chi connectivity index (χ0) is 52.5. The van der Waals surface area contributed by atoms with Crippen LogP contribution < -0.4 is 10.9 Å². The second-order valence-electron chi connectivity index (χ2n) is 9.24. The van der Waals surface area contributed by atoms with Crippen molar-refractivity contribution in [1.29, 1.82) is 0 Å². The minimum atomic E-state index is 0.203. The summed E-state index contributed by atoms with van der Waals surface area (Å²) in [6.07, 6.45) is 4.54. The predicted molar refractivity (Wildman–Crippen MR) is 319 cm³/mol. The third-order valence-electron chi connectivity index (χ3n) is 6.32. The molecule has 0 N–H and O–H groups in total. The Morgan fingerprint density at radius 3 is 0.462 bits per heavy atom. The van der Waals surface area contributed by atoms with E-state index >= 15 is 0 Å². The molecule has 0 fully saturated rings. The normalized spacial score (nSPS) is 7.51. The largest absolute Gasteiger partial charge is 0.191 e. The number of benzene rings is 6. The van der Waals surface area contributed by atoms with Crippen LogP contribution in [0.1, 0.15) is 166 Å². The van der Waals surface area contributed by atoms with Gasteiger partial charge in [0.25, 0.3) is 0 Å². The first-order valence-electron chi connectivity index (χ1n) is 25.7. The van der Waals surface area contributed by atoms with Gasteiger partial charge in [-0.1, -0.05) is 311 Å². The molecule has 0 nitrogen and oxygen atoms in total. The maximum Gasteiger partial charge on any atom is 0.191 e. The van der Waals surface area contributed by atoms with E-state index in [4.69, 9.17) is 0 Å². The van der Waals surface area contributed by atoms with Crippen LogP contribution >= 0.6 is 0 Å². The van der Waals surface area contributed by atoms with Crippen molar-refractivity contribution in [3.05, 3.63) is 182 Å². The lowest BCUT2D eigenvalue weighted by atomic mass is 9.64. The topological polar surface area (TPSA) is 0 Å². The summed E-state index contributed by atoms with van der Waals surface area (Å²) in [6, 6.07) is 63.2. The fourth-order valence-electron chi connectivity index (χ4n) is 4.06. The van der Waals surface area contributed by atoms with Crippen molar-refractivity contribution in [3.8, 4) is 0 Å². The Labute approximate surface area is 417 Å². The van der Waals surface area contributed by atoms with Gasteiger partial charge in [0.05, 0.1) is 21.8 Å². The molecule has 0 aliphatic rings. The predicted octanol–water partition coefficient (Wildman–Crippen LogP) is 20.4. The average Bonchev–Trinajstić information content (AvgIpc) is 3.47. The minimum absolute atomic E-state index is 0.203. The molecule has 0 unspecified atom stereocenters. The highest BCUT2D eigenvalue weighted by molar-refractivity contribution is 7.96. The number of hydrogen-bond acceptors (Lipinski definition) is 0. The zero-order valence-corrected chi connectivity index (χ0v) is 49.3. The fourth-order valence-corrected chi connectivity index (χ4v) is 6.87. The molecule has 65 heavy (non-hydrogen) atoms. The summed E-state index contributed by atoms with van der Waals surface area (Å²) < 4.78 is 0. The molecule has 0 saturated heterocycles. The second kappa shape index (κ2) is 80.4. The monoisotopic (exact) mass is 928 g/mol. The van der Waals surface area contributed by atoms with Gasteiger partial charge in [0.2, 0.25) is 0 Å². The lowest BCUT2D eigenvalue weighted by Crippen LogP contribution is -2.26. The van der Waals surface area contributed by atoms with Crippen LogP contribution in [-0.4, -0.2) is 19.8 Å². The molecule has 0 amide bonds. The highest BCUT2D eigenvalue weighted by Gasteiger charge is 2.18. The Kier molecular flexibility index (Phi) is 101. The molecular formula is C62H108BS2+2. The van der Waals surface area contributed by atoms with Gasteiger partial charge in [-0.3, -0.25) is 0 Å². The van der Waals surface area contributed by atoms with Crippen molar-refractivity contribution < 1.29 is 0 Å². The van der Waals surface area contributed by atoms with Gasteiger partial charge in [-0.15, -0.1) is 0 Å². The van der Waals surface area contributed by atoms with Crippen LogP contribution in [0.2, 0.25) is 0 Å². The van der Waals surface area contributed by atoms with E-state index in [-0.39, 0.29) is 21.8 Å². The Balaban J connectivity index is -0.0000000838. The number of hydrogen-bond donors (Lipinski definition) is 0. The summed E-state index contributed by atoms with van der Waals surface area (Å²) >= 11 is 0. The van der Waals surface area contributed by atoms with Gasteiger partial charge in [0.1, 0.15) is 12.5 Å². The molecule has 0 aliphatic carbocycles. The zero-order valence-electron chi connectivity index (χ0n) is 47.7. The molecule has 3 heteroatoms. The van der Waals surface area contributed by atoms with Crippen LogP contribution in [0.15, 0.2) is 202 Å². The molecule has 6 aromatic rings. The Hall–Kier alpha value is -3.92. The summed E-state index contributed by atoms with van der Waals surface area (Å²) in [5.74, 6) is 0. The SMILES string of the molecule is CC.CC.CC.CC.CC.CC.CC.CC.CC.CC.CC.CC.C[S+](c1ccccc1)c1ccccc1.C[S+](c1ccccc1)c1ccccc1.[B](c1ccccc1)c1ccccc1. The van der Waals surface area contributed by atoms with Crippen molar-refractivity contribution >= 4 is 40.0 Å². The highest BCUT2D eigenvalue weighted by atomic mass is 32.2. The Morgan fingerprint density at radius 2 is 0.323 bits per heavy atom. The Morgan fingerprint density at radius 1 is 0.200 bits per heavy atom. The van der Waals surface area contributed by atoms with Crippen LogP contribution in [0, 0.1) is 0 Å². The lowest BCUT2D eigenvalue weighted by molar-refractivity contribution is 1.38. The maximum atomic E-state index is 2.27. The molecule has 6 aromatic carbocycles. The van der Waals surface area contributed by atoms with Crippen molar-refractivity contribution in [1.82, 2.24) is 0 Å². The van der Waals surface area contributed by atoms with Gasteiger partial charge >= 0.3 is 0 Å². The third kappa shape index (κ3) is 49.4. The van der Waals surface area contributed by atoms with Crippen molar-refractivity contribution in [2.24, 2.45) is 0 Å². The molecule has 0 aliphatic heterocycles. The van der Waals surface area contributed by atoms with E-state index in [0.29, 0.717) is 0 Å². The van der Waals surface area contributed by atoms with Crippen LogP contribution in [0.3, 0.4) is 0 Å². The van der Waals surface area contributed by atoms with E-state index in [2.05, 4.69) is 190 Å². The highest BCUT2D eigenvalue weighted by Crippen LogP contribution is 2.21. The molecule has 0 aromatic heterocycles. The summed E-state index contributed by atoms with van der Waals surface area (Å²) in [5, 5.41) is 0. The molecule has 0 spiro atoms. The summed E-state index contributed by atoms with van der Waals surface area (Å²) in [5.41, 5.74) is 2.49. The quantitative estimate of drug-likeness (QED) is 0.115. The molecule has 0 bridgehead atoms. The first-order valence-corrected chi connectivity index (χ1v) is 28.9. The standard InChI is InChI=1S/2C13H13S.C12H10B.12C2H6/c2*1-14(12-8-4-2-5-9-12)13-10-6-3-7-11-13;1-3-7-11(8-4-1)13-12-9-5-2-6-10-12;12*1-2/h2*2-11H,1H3;1-10H;12*1-2H3/q2*+1;;;;;;;;;;;;;. The van der Waals surface area contributed by atoms with E-state index in [9.17, 15) is 0 Å². The first-order chi connectivity index (χ1) is 32.2. The van der Waals surface area contributed by atoms with Crippen molar-refractivity contribution in [2.45, 2.75) is 186 Å². The van der Waals surface area contributed by atoms with Crippen LogP contribution in [0.25, 0.3) is 0 Å². The van der Waals surface area contributed by atoms with Gasteiger partial charge in [-0.05, 0) is 48.5 Å². The van der Waals surface area contributed by atoms with Crippen molar-refractivity contribution in [2.75, 3.05) is 12.5 Å². The molecule has 0 atom stereocenters. The van der Waals surface area contributed by atoms with E-state index < -0.39 is 0 Å². The number of rotatable bonds is 6. The van der Waals surface area contributed by atoms with Crippen LogP contribution in [-0.2, 0) is 21.8 Å². The van der Waals surface area contributed by atoms with E-state index in [0.717, 1.165) is 0 Å². The molecule has 6 rings (SSSR count). The first kappa shape index (κ1) is 81.3. The summed E-state index contributed by atoms with van der Waals surface area (Å²) in [4.78, 5) is 5.61. The van der Waals surface area contributed by atoms with Gasteiger partial charge < -0.3 is 0 Å².